The number of aryl methyl sites for hydroxylation is 1. The van der Waals surface area contributed by atoms with Crippen LogP contribution in [0.25, 0.3) is 0 Å². The fourth-order valence-electron chi connectivity index (χ4n) is 1.51. The van der Waals surface area contributed by atoms with Crippen LogP contribution in [-0.2, 0) is 14.8 Å². The van der Waals surface area contributed by atoms with Crippen molar-refractivity contribution in [3.05, 3.63) is 15.8 Å². The second-order valence-corrected chi connectivity index (χ2v) is 7.64. The lowest BCUT2D eigenvalue weighted by Gasteiger charge is -2.10. The maximum atomic E-state index is 12.1. The molecular formula is C12H20N2O5S2. The van der Waals surface area contributed by atoms with Gasteiger partial charge >= 0.3 is 5.97 Å². The maximum Gasteiger partial charge on any atom is 0.345 e. The van der Waals surface area contributed by atoms with Gasteiger partial charge in [-0.3, -0.25) is 0 Å². The molecule has 0 fully saturated rings. The summed E-state index contributed by atoms with van der Waals surface area (Å²) in [7, 11) is 0.144. The summed E-state index contributed by atoms with van der Waals surface area (Å²) in [5.74, 6) is -1.13. The first-order valence-corrected chi connectivity index (χ1v) is 8.60. The van der Waals surface area contributed by atoms with Crippen molar-refractivity contribution in [1.29, 1.82) is 0 Å². The largest absolute Gasteiger partial charge is 0.477 e. The molecule has 0 unspecified atom stereocenters. The van der Waals surface area contributed by atoms with Gasteiger partial charge in [0.2, 0.25) is 10.0 Å². The van der Waals surface area contributed by atoms with E-state index in [2.05, 4.69) is 4.72 Å². The van der Waals surface area contributed by atoms with E-state index in [1.807, 2.05) is 19.0 Å². The monoisotopic (exact) mass is 336 g/mol. The maximum absolute atomic E-state index is 12.1. The fourth-order valence-corrected chi connectivity index (χ4v) is 3.95. The first kappa shape index (κ1) is 18.1. The topological polar surface area (TPSA) is 95.9 Å². The van der Waals surface area contributed by atoms with E-state index in [0.717, 1.165) is 17.9 Å². The number of carboxylic acids is 1. The Balaban J connectivity index is 2.52. The zero-order chi connectivity index (χ0) is 16.0. The predicted molar refractivity (Wildman–Crippen MR) is 80.6 cm³/mol. The molecule has 0 saturated heterocycles. The number of carbonyl (C=O) groups is 1. The summed E-state index contributed by atoms with van der Waals surface area (Å²) in [4.78, 5) is 13.3. The van der Waals surface area contributed by atoms with Crippen molar-refractivity contribution < 1.29 is 23.1 Å². The molecule has 0 atom stereocenters. The summed E-state index contributed by atoms with van der Waals surface area (Å²) in [5, 5.41) is 8.88. The minimum absolute atomic E-state index is 0.00936. The molecule has 9 heteroatoms. The molecule has 1 aromatic rings. The Kier molecular flexibility index (Phi) is 6.75. The van der Waals surface area contributed by atoms with Gasteiger partial charge in [0, 0.05) is 18.0 Å². The number of rotatable bonds is 9. The van der Waals surface area contributed by atoms with Crippen LogP contribution in [0.15, 0.2) is 11.0 Å². The van der Waals surface area contributed by atoms with E-state index in [4.69, 9.17) is 9.84 Å². The van der Waals surface area contributed by atoms with Crippen LogP contribution in [0.5, 0.6) is 0 Å². The van der Waals surface area contributed by atoms with Gasteiger partial charge in [0.15, 0.2) is 0 Å². The Bertz CT molecular complexity index is 580. The van der Waals surface area contributed by atoms with Crippen LogP contribution in [0.4, 0.5) is 0 Å². The number of likely N-dealkylation sites (N-methyl/N-ethyl adjacent to an activating group) is 1. The number of thiophene rings is 1. The SMILES string of the molecule is Cc1sc(C(=O)O)cc1S(=O)(=O)NCCOCCN(C)C. The number of ether oxygens (including phenoxy) is 1. The standard InChI is InChI=1S/C12H20N2O5S2/c1-9-11(8-10(20-9)12(15)16)21(17,18)13-4-6-19-7-5-14(2)3/h8,13H,4-7H2,1-3H3,(H,15,16). The van der Waals surface area contributed by atoms with Crippen molar-refractivity contribution in [1.82, 2.24) is 9.62 Å². The summed E-state index contributed by atoms with van der Waals surface area (Å²) >= 11 is 0.944. The Hall–Kier alpha value is -1.00. The minimum Gasteiger partial charge on any atom is -0.477 e. The summed E-state index contributed by atoms with van der Waals surface area (Å²) in [6.07, 6.45) is 0. The highest BCUT2D eigenvalue weighted by atomic mass is 32.2. The van der Waals surface area contributed by atoms with Gasteiger partial charge in [-0.05, 0) is 27.1 Å². The molecule has 2 N–H and O–H groups in total. The van der Waals surface area contributed by atoms with Crippen LogP contribution in [-0.4, -0.2) is 64.8 Å². The highest BCUT2D eigenvalue weighted by Gasteiger charge is 2.21. The van der Waals surface area contributed by atoms with E-state index in [-0.39, 0.29) is 22.9 Å². The van der Waals surface area contributed by atoms with Gasteiger partial charge in [-0.2, -0.15) is 0 Å². The predicted octanol–water partition coefficient (Wildman–Crippen LogP) is 0.611. The molecule has 1 rings (SSSR count). The van der Waals surface area contributed by atoms with Crippen molar-refractivity contribution in [2.24, 2.45) is 0 Å². The van der Waals surface area contributed by atoms with Crippen molar-refractivity contribution in [2.45, 2.75) is 11.8 Å². The van der Waals surface area contributed by atoms with Gasteiger partial charge in [0.05, 0.1) is 18.1 Å². The average molecular weight is 336 g/mol. The van der Waals surface area contributed by atoms with Crippen LogP contribution in [0.2, 0.25) is 0 Å². The van der Waals surface area contributed by atoms with Gasteiger partial charge in [-0.1, -0.05) is 0 Å². The van der Waals surface area contributed by atoms with E-state index in [1.54, 1.807) is 6.92 Å². The van der Waals surface area contributed by atoms with Gasteiger partial charge in [0.25, 0.3) is 0 Å². The summed E-state index contributed by atoms with van der Waals surface area (Å²) in [6.45, 7) is 3.28. The summed E-state index contributed by atoms with van der Waals surface area (Å²) in [5.41, 5.74) is 0. The number of carboxylic acid groups (broad SMARTS) is 1. The smallest absolute Gasteiger partial charge is 0.345 e. The van der Waals surface area contributed by atoms with Crippen molar-refractivity contribution in [2.75, 3.05) is 40.4 Å². The summed E-state index contributed by atoms with van der Waals surface area (Å²) in [6, 6.07) is 1.18. The quantitative estimate of drug-likeness (QED) is 0.642. The van der Waals surface area contributed by atoms with E-state index < -0.39 is 16.0 Å². The Morgan fingerprint density at radius 3 is 2.62 bits per heavy atom. The summed E-state index contributed by atoms with van der Waals surface area (Å²) < 4.78 is 31.8. The number of nitrogens with zero attached hydrogens (tertiary/aromatic N) is 1. The molecular weight excluding hydrogens is 316 g/mol. The van der Waals surface area contributed by atoms with Gasteiger partial charge in [0.1, 0.15) is 4.88 Å². The average Bonchev–Trinajstić information content (AvgIpc) is 2.76. The minimum atomic E-state index is -3.70. The Labute approximate surface area is 128 Å². The highest BCUT2D eigenvalue weighted by Crippen LogP contribution is 2.25. The van der Waals surface area contributed by atoms with Crippen molar-refractivity contribution in [3.8, 4) is 0 Å². The van der Waals surface area contributed by atoms with Crippen LogP contribution >= 0.6 is 11.3 Å². The number of hydrogen-bond acceptors (Lipinski definition) is 6. The van der Waals surface area contributed by atoms with Crippen molar-refractivity contribution >= 4 is 27.3 Å². The molecule has 7 nitrogen and oxygen atoms in total. The molecule has 21 heavy (non-hydrogen) atoms. The van der Waals surface area contributed by atoms with E-state index in [0.29, 0.717) is 11.5 Å². The second kappa shape index (κ2) is 7.85. The van der Waals surface area contributed by atoms with E-state index in [1.165, 1.54) is 6.07 Å². The molecule has 0 aliphatic carbocycles. The van der Waals surface area contributed by atoms with Gasteiger partial charge in [-0.25, -0.2) is 17.9 Å². The van der Waals surface area contributed by atoms with Crippen molar-refractivity contribution in [3.63, 3.8) is 0 Å². The van der Waals surface area contributed by atoms with Crippen LogP contribution < -0.4 is 4.72 Å². The van der Waals surface area contributed by atoms with E-state index in [9.17, 15) is 13.2 Å². The zero-order valence-corrected chi connectivity index (χ0v) is 13.9. The third-order valence-corrected chi connectivity index (χ3v) is 5.35. The normalized spacial score (nSPS) is 12.0. The first-order valence-electron chi connectivity index (χ1n) is 6.30. The zero-order valence-electron chi connectivity index (χ0n) is 12.2. The number of sulfonamides is 1. The third kappa shape index (κ3) is 5.71. The molecule has 0 aromatic carbocycles. The lowest BCUT2D eigenvalue weighted by molar-refractivity contribution is 0.0702. The Morgan fingerprint density at radius 2 is 2.10 bits per heavy atom. The first-order chi connectivity index (χ1) is 9.74. The Morgan fingerprint density at radius 1 is 1.43 bits per heavy atom. The molecule has 0 saturated carbocycles. The molecule has 120 valence electrons. The molecule has 0 amide bonds. The van der Waals surface area contributed by atoms with Crippen LogP contribution in [0, 0.1) is 6.92 Å². The highest BCUT2D eigenvalue weighted by molar-refractivity contribution is 7.89. The number of aromatic carboxylic acids is 1. The molecule has 0 radical (unpaired) electrons. The number of hydrogen-bond donors (Lipinski definition) is 2. The molecule has 1 heterocycles. The molecule has 0 aliphatic heterocycles. The lowest BCUT2D eigenvalue weighted by atomic mass is 10.4. The molecule has 0 bridgehead atoms. The number of nitrogens with one attached hydrogen (secondary N) is 1. The fraction of sp³-hybridized carbons (Fsp3) is 0.583. The molecule has 0 aliphatic rings. The molecule has 0 spiro atoms. The molecule has 1 aromatic heterocycles. The van der Waals surface area contributed by atoms with Crippen LogP contribution in [0.3, 0.4) is 0 Å². The third-order valence-electron chi connectivity index (χ3n) is 2.59. The lowest BCUT2D eigenvalue weighted by Crippen LogP contribution is -2.28. The second-order valence-electron chi connectivity index (χ2n) is 4.65. The van der Waals surface area contributed by atoms with Gasteiger partial charge < -0.3 is 14.7 Å². The van der Waals surface area contributed by atoms with Crippen LogP contribution in [0.1, 0.15) is 14.5 Å². The van der Waals surface area contributed by atoms with Gasteiger partial charge in [-0.15, -0.1) is 11.3 Å². The van der Waals surface area contributed by atoms with E-state index >= 15 is 0 Å².